The zero-order valence-electron chi connectivity index (χ0n) is 14.7. The number of carbonyl (C=O) groups excluding carboxylic acids is 1. The van der Waals surface area contributed by atoms with Crippen LogP contribution in [-0.2, 0) is 16.1 Å². The lowest BCUT2D eigenvalue weighted by Crippen LogP contribution is -2.29. The first kappa shape index (κ1) is 18.7. The molecule has 5 heteroatoms. The van der Waals surface area contributed by atoms with Crippen LogP contribution in [0.3, 0.4) is 0 Å². The van der Waals surface area contributed by atoms with Gasteiger partial charge in [-0.15, -0.1) is 0 Å². The Balaban J connectivity index is 1.69. The van der Waals surface area contributed by atoms with E-state index in [1.807, 2.05) is 24.3 Å². The number of urea groups is 1. The van der Waals surface area contributed by atoms with Crippen molar-refractivity contribution in [2.75, 3.05) is 25.1 Å². The highest BCUT2D eigenvalue weighted by Crippen LogP contribution is 2.15. The lowest BCUT2D eigenvalue weighted by molar-refractivity contribution is -0.0447. The molecule has 1 aliphatic rings. The summed E-state index contributed by atoms with van der Waals surface area (Å²) in [6, 6.07) is 7.63. The second-order valence-electron chi connectivity index (χ2n) is 6.29. The topological polar surface area (TPSA) is 59.6 Å². The standard InChI is InChI=1S/C19H30N2O3/c1-2-3-5-11-20-19(22)21-17-9-7-8-16(13-17)14-23-15-18-10-4-6-12-24-18/h7-9,13,18H,2-6,10-12,14-15H2,1H3,(H2,20,21,22). The minimum Gasteiger partial charge on any atom is -0.376 e. The molecule has 1 fully saturated rings. The van der Waals surface area contributed by atoms with E-state index in [4.69, 9.17) is 9.47 Å². The monoisotopic (exact) mass is 334 g/mol. The number of carbonyl (C=O) groups is 1. The van der Waals surface area contributed by atoms with E-state index >= 15 is 0 Å². The SMILES string of the molecule is CCCCCNC(=O)Nc1cccc(COCC2CCCCO2)c1. The molecule has 5 nitrogen and oxygen atoms in total. The number of anilines is 1. The molecule has 0 spiro atoms. The van der Waals surface area contributed by atoms with Crippen LogP contribution in [0.4, 0.5) is 10.5 Å². The van der Waals surface area contributed by atoms with Crippen LogP contribution in [0.2, 0.25) is 0 Å². The van der Waals surface area contributed by atoms with E-state index < -0.39 is 0 Å². The van der Waals surface area contributed by atoms with Crippen molar-refractivity contribution in [1.82, 2.24) is 5.32 Å². The number of benzene rings is 1. The number of nitrogens with one attached hydrogen (secondary N) is 2. The molecule has 2 amide bonds. The first-order valence-corrected chi connectivity index (χ1v) is 9.11. The molecule has 1 heterocycles. The highest BCUT2D eigenvalue weighted by atomic mass is 16.5. The number of rotatable bonds is 9. The first-order valence-electron chi connectivity index (χ1n) is 9.11. The summed E-state index contributed by atoms with van der Waals surface area (Å²) in [6.45, 7) is 4.88. The van der Waals surface area contributed by atoms with E-state index in [-0.39, 0.29) is 12.1 Å². The Morgan fingerprint density at radius 2 is 2.25 bits per heavy atom. The number of hydrogen-bond acceptors (Lipinski definition) is 3. The van der Waals surface area contributed by atoms with Gasteiger partial charge in [-0.05, 0) is 43.4 Å². The summed E-state index contributed by atoms with van der Waals surface area (Å²) in [5, 5.41) is 5.74. The summed E-state index contributed by atoms with van der Waals surface area (Å²) >= 11 is 0. The van der Waals surface area contributed by atoms with Gasteiger partial charge in [0.15, 0.2) is 0 Å². The Bertz CT molecular complexity index is 487. The first-order chi connectivity index (χ1) is 11.8. The van der Waals surface area contributed by atoms with Crippen molar-refractivity contribution in [1.29, 1.82) is 0 Å². The van der Waals surface area contributed by atoms with Gasteiger partial charge in [-0.1, -0.05) is 31.9 Å². The van der Waals surface area contributed by atoms with Crippen LogP contribution in [0, 0.1) is 0 Å². The van der Waals surface area contributed by atoms with Crippen molar-refractivity contribution in [3.63, 3.8) is 0 Å². The maximum absolute atomic E-state index is 11.8. The molecular formula is C19H30N2O3. The molecule has 1 aliphatic heterocycles. The van der Waals surface area contributed by atoms with E-state index in [0.29, 0.717) is 19.8 Å². The Kier molecular flexibility index (Phi) is 8.63. The average molecular weight is 334 g/mol. The van der Waals surface area contributed by atoms with Crippen LogP contribution < -0.4 is 10.6 Å². The summed E-state index contributed by atoms with van der Waals surface area (Å²) < 4.78 is 11.4. The molecule has 0 bridgehead atoms. The molecule has 1 aromatic carbocycles. The second kappa shape index (κ2) is 11.0. The molecule has 2 rings (SSSR count). The van der Waals surface area contributed by atoms with Crippen LogP contribution in [-0.4, -0.2) is 31.9 Å². The maximum Gasteiger partial charge on any atom is 0.319 e. The number of ether oxygens (including phenoxy) is 2. The van der Waals surface area contributed by atoms with E-state index in [2.05, 4.69) is 17.6 Å². The Morgan fingerprint density at radius 1 is 1.33 bits per heavy atom. The minimum atomic E-state index is -0.153. The molecule has 2 N–H and O–H groups in total. The third-order valence-electron chi connectivity index (χ3n) is 4.10. The summed E-state index contributed by atoms with van der Waals surface area (Å²) in [5.74, 6) is 0. The highest BCUT2D eigenvalue weighted by Gasteiger charge is 2.13. The third kappa shape index (κ3) is 7.32. The molecule has 134 valence electrons. The molecule has 0 aliphatic carbocycles. The van der Waals surface area contributed by atoms with Gasteiger partial charge in [-0.25, -0.2) is 4.79 Å². The van der Waals surface area contributed by atoms with Crippen LogP contribution in [0.1, 0.15) is 51.0 Å². The molecule has 1 aromatic rings. The van der Waals surface area contributed by atoms with Crippen molar-refractivity contribution < 1.29 is 14.3 Å². The Labute approximate surface area is 145 Å². The predicted molar refractivity (Wildman–Crippen MR) is 96.2 cm³/mol. The third-order valence-corrected chi connectivity index (χ3v) is 4.10. The van der Waals surface area contributed by atoms with E-state index in [1.165, 1.54) is 6.42 Å². The number of amides is 2. The van der Waals surface area contributed by atoms with Gasteiger partial charge in [-0.2, -0.15) is 0 Å². The van der Waals surface area contributed by atoms with Gasteiger partial charge in [0, 0.05) is 18.8 Å². The van der Waals surface area contributed by atoms with Gasteiger partial charge in [0.1, 0.15) is 0 Å². The molecular weight excluding hydrogens is 304 g/mol. The molecule has 1 atom stereocenters. The van der Waals surface area contributed by atoms with Crippen molar-refractivity contribution in [2.24, 2.45) is 0 Å². The lowest BCUT2D eigenvalue weighted by Gasteiger charge is -2.22. The fraction of sp³-hybridized carbons (Fsp3) is 0.632. The smallest absolute Gasteiger partial charge is 0.319 e. The summed E-state index contributed by atoms with van der Waals surface area (Å²) in [5.41, 5.74) is 1.84. The molecule has 24 heavy (non-hydrogen) atoms. The van der Waals surface area contributed by atoms with Gasteiger partial charge in [0.25, 0.3) is 0 Å². The minimum absolute atomic E-state index is 0.153. The normalized spacial score (nSPS) is 17.5. The Hall–Kier alpha value is -1.59. The molecule has 0 saturated carbocycles. The fourth-order valence-electron chi connectivity index (χ4n) is 2.74. The molecule has 1 saturated heterocycles. The summed E-state index contributed by atoms with van der Waals surface area (Å²) in [6.07, 6.45) is 7.00. The quantitative estimate of drug-likeness (QED) is 0.669. The fourth-order valence-corrected chi connectivity index (χ4v) is 2.74. The van der Waals surface area contributed by atoms with Gasteiger partial charge in [0.2, 0.25) is 0 Å². The number of unbranched alkanes of at least 4 members (excludes halogenated alkanes) is 2. The van der Waals surface area contributed by atoms with Crippen LogP contribution in [0.15, 0.2) is 24.3 Å². The molecule has 1 unspecified atom stereocenters. The summed E-state index contributed by atoms with van der Waals surface area (Å²) in [4.78, 5) is 11.8. The van der Waals surface area contributed by atoms with Crippen LogP contribution in [0.5, 0.6) is 0 Å². The Morgan fingerprint density at radius 3 is 3.04 bits per heavy atom. The van der Waals surface area contributed by atoms with Crippen molar-refractivity contribution in [3.05, 3.63) is 29.8 Å². The number of hydrogen-bond donors (Lipinski definition) is 2. The predicted octanol–water partition coefficient (Wildman–Crippen LogP) is 4.08. The van der Waals surface area contributed by atoms with Crippen LogP contribution in [0.25, 0.3) is 0 Å². The van der Waals surface area contributed by atoms with E-state index in [0.717, 1.165) is 50.0 Å². The molecule has 0 radical (unpaired) electrons. The second-order valence-corrected chi connectivity index (χ2v) is 6.29. The summed E-state index contributed by atoms with van der Waals surface area (Å²) in [7, 11) is 0. The average Bonchev–Trinajstić information content (AvgIpc) is 2.60. The van der Waals surface area contributed by atoms with Crippen molar-refractivity contribution in [3.8, 4) is 0 Å². The van der Waals surface area contributed by atoms with Crippen molar-refractivity contribution in [2.45, 2.75) is 58.2 Å². The largest absolute Gasteiger partial charge is 0.376 e. The van der Waals surface area contributed by atoms with Crippen LogP contribution >= 0.6 is 0 Å². The zero-order chi connectivity index (χ0) is 17.0. The van der Waals surface area contributed by atoms with Gasteiger partial charge in [-0.3, -0.25) is 0 Å². The molecule has 0 aromatic heterocycles. The maximum atomic E-state index is 11.8. The highest BCUT2D eigenvalue weighted by molar-refractivity contribution is 5.89. The van der Waals surface area contributed by atoms with E-state index in [1.54, 1.807) is 0 Å². The lowest BCUT2D eigenvalue weighted by atomic mass is 10.1. The zero-order valence-corrected chi connectivity index (χ0v) is 14.7. The van der Waals surface area contributed by atoms with Gasteiger partial charge >= 0.3 is 6.03 Å². The van der Waals surface area contributed by atoms with Gasteiger partial charge < -0.3 is 20.1 Å². The van der Waals surface area contributed by atoms with Crippen molar-refractivity contribution >= 4 is 11.7 Å². The van der Waals surface area contributed by atoms with Gasteiger partial charge in [0.05, 0.1) is 19.3 Å². The van der Waals surface area contributed by atoms with E-state index in [9.17, 15) is 4.79 Å².